The quantitative estimate of drug-likeness (QED) is 0.615. The minimum atomic E-state index is -0.189. The Morgan fingerprint density at radius 3 is 2.57 bits per heavy atom. The summed E-state index contributed by atoms with van der Waals surface area (Å²) in [4.78, 5) is 14.6. The number of rotatable bonds is 6. The van der Waals surface area contributed by atoms with E-state index in [1.165, 1.54) is 6.07 Å². The van der Waals surface area contributed by atoms with Crippen molar-refractivity contribution in [3.05, 3.63) is 89.7 Å². The number of halogens is 1. The summed E-state index contributed by atoms with van der Waals surface area (Å²) in [6.45, 7) is 1.44. The lowest BCUT2D eigenvalue weighted by atomic mass is 10.1. The summed E-state index contributed by atoms with van der Waals surface area (Å²) in [6, 6.07) is 22.4. The van der Waals surface area contributed by atoms with Crippen LogP contribution in [0.4, 0.5) is 15.8 Å². The fourth-order valence-electron chi connectivity index (χ4n) is 3.73. The molecular formula is C25H25FN2O2. The van der Waals surface area contributed by atoms with Gasteiger partial charge in [-0.15, -0.1) is 0 Å². The van der Waals surface area contributed by atoms with Gasteiger partial charge in [0.25, 0.3) is 0 Å². The third kappa shape index (κ3) is 4.98. The molecule has 0 fully saturated rings. The van der Waals surface area contributed by atoms with Gasteiger partial charge in [-0.3, -0.25) is 4.79 Å². The van der Waals surface area contributed by atoms with Crippen molar-refractivity contribution in [2.24, 2.45) is 0 Å². The molecule has 0 aliphatic carbocycles. The standard InChI is InChI=1S/C25H25FN2O2/c26-23-10-6-11-24-22(23)9-4-5-16-28(24)17-25(29)27-20-12-14-21(15-13-20)30-18-19-7-2-1-3-8-19/h1-3,6-8,10-15H,4-5,9,16-18H2,(H,27,29). The fourth-order valence-corrected chi connectivity index (χ4v) is 3.73. The van der Waals surface area contributed by atoms with Crippen LogP contribution in [0.15, 0.2) is 72.8 Å². The SMILES string of the molecule is O=C(CN1CCCCc2c(F)cccc21)Nc1ccc(OCc2ccccc2)cc1. The van der Waals surface area contributed by atoms with Gasteiger partial charge in [0.05, 0.1) is 6.54 Å². The average Bonchev–Trinajstić information content (AvgIpc) is 2.97. The van der Waals surface area contributed by atoms with Gasteiger partial charge in [-0.2, -0.15) is 0 Å². The van der Waals surface area contributed by atoms with Gasteiger partial charge in [0.1, 0.15) is 18.2 Å². The molecular weight excluding hydrogens is 379 g/mol. The van der Waals surface area contributed by atoms with Crippen LogP contribution in [-0.4, -0.2) is 19.0 Å². The van der Waals surface area contributed by atoms with Gasteiger partial charge in [0.15, 0.2) is 0 Å². The number of nitrogens with zero attached hydrogens (tertiary/aromatic N) is 1. The Hall–Kier alpha value is -3.34. The van der Waals surface area contributed by atoms with E-state index >= 15 is 0 Å². The van der Waals surface area contributed by atoms with Crippen LogP contribution >= 0.6 is 0 Å². The average molecular weight is 404 g/mol. The van der Waals surface area contributed by atoms with Gasteiger partial charge in [0.2, 0.25) is 5.91 Å². The number of carbonyl (C=O) groups excluding carboxylic acids is 1. The Labute approximate surface area is 176 Å². The van der Waals surface area contributed by atoms with Gasteiger partial charge in [-0.25, -0.2) is 4.39 Å². The van der Waals surface area contributed by atoms with Crippen LogP contribution in [0, 0.1) is 5.82 Å². The summed E-state index contributed by atoms with van der Waals surface area (Å²) in [5.74, 6) is 0.435. The third-order valence-corrected chi connectivity index (χ3v) is 5.26. The van der Waals surface area contributed by atoms with E-state index in [2.05, 4.69) is 5.32 Å². The van der Waals surface area contributed by atoms with Crippen LogP contribution in [0.2, 0.25) is 0 Å². The smallest absolute Gasteiger partial charge is 0.243 e. The molecule has 0 aromatic heterocycles. The summed E-state index contributed by atoms with van der Waals surface area (Å²) >= 11 is 0. The molecule has 0 saturated carbocycles. The first-order valence-corrected chi connectivity index (χ1v) is 10.3. The van der Waals surface area contributed by atoms with Crippen LogP contribution in [-0.2, 0) is 17.8 Å². The van der Waals surface area contributed by atoms with Crippen molar-refractivity contribution in [1.29, 1.82) is 0 Å². The minimum Gasteiger partial charge on any atom is -0.489 e. The van der Waals surface area contributed by atoms with Crippen molar-refractivity contribution in [3.63, 3.8) is 0 Å². The molecule has 30 heavy (non-hydrogen) atoms. The van der Waals surface area contributed by atoms with Crippen LogP contribution in [0.25, 0.3) is 0 Å². The summed E-state index contributed by atoms with van der Waals surface area (Å²) in [6.07, 6.45) is 2.58. The molecule has 4 rings (SSSR count). The number of benzene rings is 3. The number of fused-ring (bicyclic) bond motifs is 1. The van der Waals surface area contributed by atoms with Crippen molar-refractivity contribution in [2.75, 3.05) is 23.3 Å². The van der Waals surface area contributed by atoms with E-state index in [4.69, 9.17) is 4.74 Å². The predicted molar refractivity (Wildman–Crippen MR) is 117 cm³/mol. The van der Waals surface area contributed by atoms with E-state index in [0.717, 1.165) is 36.4 Å². The molecule has 0 bridgehead atoms. The Kier molecular flexibility index (Phi) is 6.28. The van der Waals surface area contributed by atoms with Gasteiger partial charge in [-0.05, 0) is 61.2 Å². The number of amides is 1. The van der Waals surface area contributed by atoms with Crippen molar-refractivity contribution < 1.29 is 13.9 Å². The zero-order valence-corrected chi connectivity index (χ0v) is 16.8. The molecule has 3 aromatic rings. The topological polar surface area (TPSA) is 41.6 Å². The van der Waals surface area contributed by atoms with Gasteiger partial charge < -0.3 is 15.0 Å². The second-order valence-corrected chi connectivity index (χ2v) is 7.46. The summed E-state index contributed by atoms with van der Waals surface area (Å²) in [5, 5.41) is 2.93. The number of anilines is 2. The van der Waals surface area contributed by atoms with Crippen LogP contribution in [0.5, 0.6) is 5.75 Å². The Bertz CT molecular complexity index is 990. The lowest BCUT2D eigenvalue weighted by molar-refractivity contribution is -0.115. The highest BCUT2D eigenvalue weighted by molar-refractivity contribution is 5.94. The monoisotopic (exact) mass is 404 g/mol. The third-order valence-electron chi connectivity index (χ3n) is 5.26. The molecule has 1 heterocycles. The predicted octanol–water partition coefficient (Wildman–Crippen LogP) is 5.19. The molecule has 4 nitrogen and oxygen atoms in total. The normalized spacial score (nSPS) is 13.3. The lowest BCUT2D eigenvalue weighted by Crippen LogP contribution is -2.34. The molecule has 1 amide bonds. The molecule has 3 aromatic carbocycles. The van der Waals surface area contributed by atoms with E-state index < -0.39 is 0 Å². The highest BCUT2D eigenvalue weighted by Crippen LogP contribution is 2.28. The first kappa shape index (κ1) is 20.0. The summed E-state index contributed by atoms with van der Waals surface area (Å²) in [5.41, 5.74) is 3.35. The van der Waals surface area contributed by atoms with E-state index in [9.17, 15) is 9.18 Å². The van der Waals surface area contributed by atoms with Gasteiger partial charge in [0, 0.05) is 23.5 Å². The molecule has 1 N–H and O–H groups in total. The molecule has 1 aliphatic heterocycles. The Morgan fingerprint density at radius 2 is 1.77 bits per heavy atom. The molecule has 0 radical (unpaired) electrons. The summed E-state index contributed by atoms with van der Waals surface area (Å²) in [7, 11) is 0. The van der Waals surface area contributed by atoms with Crippen molar-refractivity contribution in [1.82, 2.24) is 0 Å². The zero-order valence-electron chi connectivity index (χ0n) is 16.8. The maximum Gasteiger partial charge on any atom is 0.243 e. The van der Waals surface area contributed by atoms with Gasteiger partial charge in [-0.1, -0.05) is 36.4 Å². The van der Waals surface area contributed by atoms with E-state index in [0.29, 0.717) is 24.3 Å². The van der Waals surface area contributed by atoms with Crippen molar-refractivity contribution in [3.8, 4) is 5.75 Å². The maximum atomic E-state index is 14.2. The number of hydrogen-bond donors (Lipinski definition) is 1. The molecule has 0 atom stereocenters. The molecule has 1 aliphatic rings. The summed E-state index contributed by atoms with van der Waals surface area (Å²) < 4.78 is 20.0. The van der Waals surface area contributed by atoms with E-state index in [1.54, 1.807) is 6.07 Å². The fraction of sp³-hybridized carbons (Fsp3) is 0.240. The second kappa shape index (κ2) is 9.44. The second-order valence-electron chi connectivity index (χ2n) is 7.46. The lowest BCUT2D eigenvalue weighted by Gasteiger charge is -2.24. The minimum absolute atomic E-state index is 0.120. The Balaban J connectivity index is 1.35. The maximum absolute atomic E-state index is 14.2. The number of hydrogen-bond acceptors (Lipinski definition) is 3. The largest absolute Gasteiger partial charge is 0.489 e. The van der Waals surface area contributed by atoms with Crippen molar-refractivity contribution in [2.45, 2.75) is 25.9 Å². The molecule has 0 spiro atoms. The van der Waals surface area contributed by atoms with Crippen LogP contribution in [0.3, 0.4) is 0 Å². The number of nitrogens with one attached hydrogen (secondary N) is 1. The van der Waals surface area contributed by atoms with Crippen LogP contribution in [0.1, 0.15) is 24.0 Å². The molecule has 154 valence electrons. The number of carbonyl (C=O) groups is 1. The first-order chi connectivity index (χ1) is 14.7. The Morgan fingerprint density at radius 1 is 0.967 bits per heavy atom. The zero-order chi connectivity index (χ0) is 20.8. The first-order valence-electron chi connectivity index (χ1n) is 10.3. The highest BCUT2D eigenvalue weighted by Gasteiger charge is 2.20. The van der Waals surface area contributed by atoms with E-state index in [-0.39, 0.29) is 18.3 Å². The van der Waals surface area contributed by atoms with E-state index in [1.807, 2.05) is 65.6 Å². The molecule has 0 saturated heterocycles. The molecule has 5 heteroatoms. The van der Waals surface area contributed by atoms with Gasteiger partial charge >= 0.3 is 0 Å². The highest BCUT2D eigenvalue weighted by atomic mass is 19.1. The van der Waals surface area contributed by atoms with Crippen LogP contribution < -0.4 is 15.0 Å². The van der Waals surface area contributed by atoms with Crippen molar-refractivity contribution >= 4 is 17.3 Å². The number of ether oxygens (including phenoxy) is 1. The molecule has 0 unspecified atom stereocenters.